The first-order valence-electron chi connectivity index (χ1n) is 7.40. The lowest BCUT2D eigenvalue weighted by Gasteiger charge is -2.20. The van der Waals surface area contributed by atoms with Gasteiger partial charge in [-0.1, -0.05) is 42.5 Å². The molecule has 1 unspecified atom stereocenters. The largest absolute Gasteiger partial charge is 0.469 e. The van der Waals surface area contributed by atoms with Gasteiger partial charge in [0.2, 0.25) is 0 Å². The highest BCUT2D eigenvalue weighted by Gasteiger charge is 2.32. The van der Waals surface area contributed by atoms with Crippen LogP contribution in [0.4, 0.5) is 4.79 Å². The van der Waals surface area contributed by atoms with Gasteiger partial charge in [0.05, 0.1) is 19.6 Å². The van der Waals surface area contributed by atoms with Crippen molar-refractivity contribution in [3.05, 3.63) is 48.0 Å². The van der Waals surface area contributed by atoms with Crippen LogP contribution in [0.5, 0.6) is 0 Å². The predicted molar refractivity (Wildman–Crippen MR) is 82.4 cm³/mol. The number of benzene rings is 1. The molecule has 0 aliphatic carbocycles. The summed E-state index contributed by atoms with van der Waals surface area (Å²) in [5.74, 6) is -0.265. The smallest absolute Gasteiger partial charge is 0.410 e. The van der Waals surface area contributed by atoms with Gasteiger partial charge in [-0.3, -0.25) is 4.79 Å². The second-order valence-corrected chi connectivity index (χ2v) is 5.15. The van der Waals surface area contributed by atoms with Gasteiger partial charge >= 0.3 is 12.1 Å². The number of cyclic esters (lactones) is 1. The van der Waals surface area contributed by atoms with Crippen molar-refractivity contribution in [1.82, 2.24) is 4.90 Å². The zero-order chi connectivity index (χ0) is 15.8. The monoisotopic (exact) mass is 303 g/mol. The molecule has 1 saturated heterocycles. The topological polar surface area (TPSA) is 55.8 Å². The molecule has 1 heterocycles. The second-order valence-electron chi connectivity index (χ2n) is 5.15. The second kappa shape index (κ2) is 8.22. The zero-order valence-corrected chi connectivity index (χ0v) is 12.7. The highest BCUT2D eigenvalue weighted by Crippen LogP contribution is 2.17. The van der Waals surface area contributed by atoms with Gasteiger partial charge in [0.25, 0.3) is 0 Å². The molecule has 5 heteroatoms. The Kier molecular flexibility index (Phi) is 6.01. The quantitative estimate of drug-likeness (QED) is 0.574. The van der Waals surface area contributed by atoms with Crippen molar-refractivity contribution in [3.8, 4) is 0 Å². The van der Waals surface area contributed by atoms with Crippen LogP contribution in [-0.2, 0) is 20.7 Å². The maximum Gasteiger partial charge on any atom is 0.410 e. The highest BCUT2D eigenvalue weighted by molar-refractivity contribution is 5.71. The average Bonchev–Trinajstić information content (AvgIpc) is 2.88. The average molecular weight is 303 g/mol. The van der Waals surface area contributed by atoms with Crippen LogP contribution in [0, 0.1) is 0 Å². The van der Waals surface area contributed by atoms with Crippen LogP contribution in [0.3, 0.4) is 0 Å². The van der Waals surface area contributed by atoms with Crippen LogP contribution < -0.4 is 0 Å². The summed E-state index contributed by atoms with van der Waals surface area (Å²) in [6, 6.07) is 10.1. The predicted octanol–water partition coefficient (Wildman–Crippen LogP) is 2.56. The molecule has 0 aromatic heterocycles. The Morgan fingerprint density at radius 2 is 2.14 bits per heavy atom. The summed E-state index contributed by atoms with van der Waals surface area (Å²) in [6.07, 6.45) is 5.13. The lowest BCUT2D eigenvalue weighted by Crippen LogP contribution is -2.35. The number of esters is 1. The lowest BCUT2D eigenvalue weighted by molar-refractivity contribution is -0.139. The van der Waals surface area contributed by atoms with Gasteiger partial charge in [0.1, 0.15) is 6.61 Å². The summed E-state index contributed by atoms with van der Waals surface area (Å²) in [5.41, 5.74) is 1.19. The van der Waals surface area contributed by atoms with E-state index in [1.807, 2.05) is 24.3 Å². The first-order chi connectivity index (χ1) is 10.7. The molecule has 1 fully saturated rings. The van der Waals surface area contributed by atoms with E-state index >= 15 is 0 Å². The first-order valence-corrected chi connectivity index (χ1v) is 7.40. The molecule has 0 radical (unpaired) electrons. The Hall–Kier alpha value is -2.30. The third-order valence-electron chi connectivity index (χ3n) is 3.60. The summed E-state index contributed by atoms with van der Waals surface area (Å²) in [4.78, 5) is 24.5. The van der Waals surface area contributed by atoms with E-state index in [9.17, 15) is 9.59 Å². The maximum atomic E-state index is 11.8. The molecule has 1 aromatic rings. The molecule has 5 nitrogen and oxygen atoms in total. The van der Waals surface area contributed by atoms with E-state index in [4.69, 9.17) is 4.74 Å². The molecule has 0 bridgehead atoms. The molecular weight excluding hydrogens is 282 g/mol. The number of carbonyl (C=O) groups excluding carboxylic acids is 2. The number of nitrogens with zero attached hydrogens (tertiary/aromatic N) is 1. The highest BCUT2D eigenvalue weighted by atomic mass is 16.6. The van der Waals surface area contributed by atoms with Crippen LogP contribution in [0.1, 0.15) is 18.4 Å². The van der Waals surface area contributed by atoms with E-state index in [-0.39, 0.29) is 24.5 Å². The molecule has 0 saturated carbocycles. The molecule has 1 atom stereocenters. The Labute approximate surface area is 130 Å². The molecule has 0 N–H and O–H groups in total. The van der Waals surface area contributed by atoms with Gasteiger partial charge in [-0.25, -0.2) is 4.79 Å². The minimum absolute atomic E-state index is 0.0731. The number of rotatable bonds is 7. The molecule has 22 heavy (non-hydrogen) atoms. The molecule has 1 aromatic carbocycles. The van der Waals surface area contributed by atoms with Crippen LogP contribution in [0.2, 0.25) is 0 Å². The van der Waals surface area contributed by atoms with E-state index in [1.54, 1.807) is 11.0 Å². The Morgan fingerprint density at radius 1 is 1.36 bits per heavy atom. The fraction of sp³-hybridized carbons (Fsp3) is 0.412. The molecule has 1 amide bonds. The summed E-state index contributed by atoms with van der Waals surface area (Å²) >= 11 is 0. The lowest BCUT2D eigenvalue weighted by atomic mass is 10.1. The summed E-state index contributed by atoms with van der Waals surface area (Å²) in [7, 11) is 1.37. The first kappa shape index (κ1) is 16.1. The number of amides is 1. The van der Waals surface area contributed by atoms with E-state index in [0.717, 1.165) is 6.42 Å². The van der Waals surface area contributed by atoms with Crippen molar-refractivity contribution < 1.29 is 19.1 Å². The SMILES string of the molecule is COC(=O)C/C=C/CCN1C(=O)OCC1Cc1ccccc1. The Morgan fingerprint density at radius 3 is 2.86 bits per heavy atom. The molecule has 118 valence electrons. The minimum atomic E-state index is -0.265. The summed E-state index contributed by atoms with van der Waals surface area (Å²) < 4.78 is 9.71. The van der Waals surface area contributed by atoms with Gasteiger partial charge in [0, 0.05) is 6.54 Å². The fourth-order valence-corrected chi connectivity index (χ4v) is 2.41. The van der Waals surface area contributed by atoms with Crippen molar-refractivity contribution >= 4 is 12.1 Å². The normalized spacial score (nSPS) is 17.8. The van der Waals surface area contributed by atoms with E-state index in [1.165, 1.54) is 12.7 Å². The van der Waals surface area contributed by atoms with Gasteiger partial charge in [-0.2, -0.15) is 0 Å². The van der Waals surface area contributed by atoms with Crippen molar-refractivity contribution in [2.75, 3.05) is 20.3 Å². The van der Waals surface area contributed by atoms with Gasteiger partial charge in [-0.05, 0) is 18.4 Å². The molecule has 1 aliphatic heterocycles. The fourth-order valence-electron chi connectivity index (χ4n) is 2.41. The van der Waals surface area contributed by atoms with E-state index in [0.29, 0.717) is 19.6 Å². The van der Waals surface area contributed by atoms with E-state index in [2.05, 4.69) is 16.9 Å². The standard InChI is InChI=1S/C17H21NO4/c1-21-16(19)10-6-3-7-11-18-15(13-22-17(18)20)12-14-8-4-2-5-9-14/h2-6,8-9,15H,7,10-13H2,1H3/b6-3+. The van der Waals surface area contributed by atoms with Crippen LogP contribution >= 0.6 is 0 Å². The van der Waals surface area contributed by atoms with Crippen LogP contribution in [0.15, 0.2) is 42.5 Å². The third-order valence-corrected chi connectivity index (χ3v) is 3.60. The van der Waals surface area contributed by atoms with Crippen molar-refractivity contribution in [2.24, 2.45) is 0 Å². The molecule has 2 rings (SSSR count). The summed E-state index contributed by atoms with van der Waals surface area (Å²) in [6.45, 7) is 1.02. The van der Waals surface area contributed by atoms with Gasteiger partial charge in [0.15, 0.2) is 0 Å². The molecule has 0 spiro atoms. The van der Waals surface area contributed by atoms with Crippen LogP contribution in [-0.4, -0.2) is 43.3 Å². The Balaban J connectivity index is 1.82. The van der Waals surface area contributed by atoms with Gasteiger partial charge < -0.3 is 14.4 Å². The number of hydrogen-bond donors (Lipinski definition) is 0. The van der Waals surface area contributed by atoms with Crippen molar-refractivity contribution in [3.63, 3.8) is 0 Å². The third kappa shape index (κ3) is 4.62. The zero-order valence-electron chi connectivity index (χ0n) is 12.7. The molecular formula is C17H21NO4. The van der Waals surface area contributed by atoms with Crippen molar-refractivity contribution in [2.45, 2.75) is 25.3 Å². The van der Waals surface area contributed by atoms with E-state index < -0.39 is 0 Å². The Bertz CT molecular complexity index is 527. The number of methoxy groups -OCH3 is 1. The van der Waals surface area contributed by atoms with Crippen LogP contribution in [0.25, 0.3) is 0 Å². The van der Waals surface area contributed by atoms with Crippen molar-refractivity contribution in [1.29, 1.82) is 0 Å². The maximum absolute atomic E-state index is 11.8. The number of hydrogen-bond acceptors (Lipinski definition) is 4. The number of carbonyl (C=O) groups is 2. The van der Waals surface area contributed by atoms with Gasteiger partial charge in [-0.15, -0.1) is 0 Å². The summed E-state index contributed by atoms with van der Waals surface area (Å²) in [5, 5.41) is 0. The molecule has 1 aliphatic rings. The number of ether oxygens (including phenoxy) is 2. The minimum Gasteiger partial charge on any atom is -0.469 e.